The van der Waals surface area contributed by atoms with Crippen LogP contribution in [0.2, 0.25) is 0 Å². The zero-order chi connectivity index (χ0) is 16.6. The average Bonchev–Trinajstić information content (AvgIpc) is 2.97. The Morgan fingerprint density at radius 3 is 2.91 bits per heavy atom. The third-order valence-corrected chi connectivity index (χ3v) is 5.53. The van der Waals surface area contributed by atoms with Crippen molar-refractivity contribution in [3.63, 3.8) is 0 Å². The van der Waals surface area contributed by atoms with Crippen LogP contribution in [-0.4, -0.2) is 4.98 Å². The highest BCUT2D eigenvalue weighted by molar-refractivity contribution is 5.82. The summed E-state index contributed by atoms with van der Waals surface area (Å²) < 4.78 is 5.79. The lowest BCUT2D eigenvalue weighted by molar-refractivity contribution is 0.370. The van der Waals surface area contributed by atoms with E-state index in [2.05, 4.69) is 51.7 Å². The molecule has 1 aromatic heterocycles. The van der Waals surface area contributed by atoms with Crippen LogP contribution in [0.4, 0.5) is 0 Å². The highest BCUT2D eigenvalue weighted by atomic mass is 16.3. The Labute approximate surface area is 140 Å². The molecule has 2 aromatic rings. The minimum Gasteiger partial charge on any atom is -0.443 e. The Hall–Kier alpha value is -1.57. The van der Waals surface area contributed by atoms with Gasteiger partial charge in [0, 0.05) is 5.56 Å². The van der Waals surface area contributed by atoms with E-state index in [9.17, 15) is 0 Å². The summed E-state index contributed by atoms with van der Waals surface area (Å²) in [5, 5.41) is 0. The van der Waals surface area contributed by atoms with Gasteiger partial charge in [0.25, 0.3) is 0 Å². The van der Waals surface area contributed by atoms with Gasteiger partial charge in [0.1, 0.15) is 5.52 Å². The maximum absolute atomic E-state index is 5.79. The maximum atomic E-state index is 5.79. The lowest BCUT2D eigenvalue weighted by Gasteiger charge is -2.34. The second-order valence-corrected chi connectivity index (χ2v) is 7.65. The van der Waals surface area contributed by atoms with Crippen molar-refractivity contribution < 1.29 is 4.42 Å². The standard InChI is InChI=1S/C21H29NO/c1-13(2)7-6-8-14(3)17-10-9-15(4)19-18(17)11-16(5)20-21(19)23-12-22-20/h7,11-12,14-15,17H,6,8-10H2,1-5H3/t14-,15?,17?/m0/s1. The molecule has 124 valence electrons. The maximum Gasteiger partial charge on any atom is 0.182 e. The van der Waals surface area contributed by atoms with Crippen LogP contribution < -0.4 is 0 Å². The summed E-state index contributed by atoms with van der Waals surface area (Å²) >= 11 is 0. The zero-order valence-corrected chi connectivity index (χ0v) is 15.1. The molecular weight excluding hydrogens is 282 g/mol. The summed E-state index contributed by atoms with van der Waals surface area (Å²) in [7, 11) is 0. The van der Waals surface area contributed by atoms with Crippen molar-refractivity contribution in [2.24, 2.45) is 5.92 Å². The van der Waals surface area contributed by atoms with Gasteiger partial charge in [-0.05, 0) is 75.3 Å². The summed E-state index contributed by atoms with van der Waals surface area (Å²) in [5.74, 6) is 1.93. The molecule has 2 heteroatoms. The average molecular weight is 311 g/mol. The van der Waals surface area contributed by atoms with Crippen LogP contribution in [0.5, 0.6) is 0 Å². The molecule has 3 atom stereocenters. The summed E-state index contributed by atoms with van der Waals surface area (Å²) in [6.45, 7) is 11.3. The number of rotatable bonds is 4. The predicted octanol–water partition coefficient (Wildman–Crippen LogP) is 6.50. The Kier molecular flexibility index (Phi) is 4.61. The molecule has 0 amide bonds. The molecule has 0 fully saturated rings. The van der Waals surface area contributed by atoms with Crippen molar-refractivity contribution in [3.8, 4) is 0 Å². The quantitative estimate of drug-likeness (QED) is 0.602. The largest absolute Gasteiger partial charge is 0.443 e. The van der Waals surface area contributed by atoms with E-state index in [-0.39, 0.29) is 0 Å². The number of hydrogen-bond acceptors (Lipinski definition) is 2. The van der Waals surface area contributed by atoms with Gasteiger partial charge in [0.05, 0.1) is 0 Å². The number of fused-ring (bicyclic) bond motifs is 3. The molecule has 0 saturated carbocycles. The molecule has 0 radical (unpaired) electrons. The highest BCUT2D eigenvalue weighted by Gasteiger charge is 2.31. The fourth-order valence-corrected chi connectivity index (χ4v) is 4.20. The fraction of sp³-hybridized carbons (Fsp3) is 0.571. The molecule has 1 aliphatic carbocycles. The monoisotopic (exact) mass is 311 g/mol. The van der Waals surface area contributed by atoms with Crippen molar-refractivity contribution in [2.45, 2.75) is 72.1 Å². The van der Waals surface area contributed by atoms with Gasteiger partial charge in [-0.2, -0.15) is 0 Å². The van der Waals surface area contributed by atoms with Crippen LogP contribution in [0.1, 0.15) is 81.9 Å². The van der Waals surface area contributed by atoms with Crippen molar-refractivity contribution >= 4 is 11.1 Å². The first-order valence-electron chi connectivity index (χ1n) is 8.99. The number of aromatic nitrogens is 1. The molecule has 1 aromatic carbocycles. The first-order chi connectivity index (χ1) is 11.0. The molecule has 1 aliphatic rings. The van der Waals surface area contributed by atoms with E-state index in [4.69, 9.17) is 4.42 Å². The lowest BCUT2D eigenvalue weighted by Crippen LogP contribution is -2.19. The Bertz CT molecular complexity index is 721. The predicted molar refractivity (Wildman–Crippen MR) is 97.0 cm³/mol. The number of allylic oxidation sites excluding steroid dienone is 2. The Morgan fingerprint density at radius 1 is 1.39 bits per heavy atom. The van der Waals surface area contributed by atoms with E-state index in [0.717, 1.165) is 11.1 Å². The molecule has 0 saturated heterocycles. The van der Waals surface area contributed by atoms with Gasteiger partial charge < -0.3 is 4.42 Å². The number of hydrogen-bond donors (Lipinski definition) is 0. The van der Waals surface area contributed by atoms with Crippen LogP contribution >= 0.6 is 0 Å². The molecule has 2 unspecified atom stereocenters. The van der Waals surface area contributed by atoms with Gasteiger partial charge in [-0.15, -0.1) is 0 Å². The summed E-state index contributed by atoms with van der Waals surface area (Å²) in [4.78, 5) is 4.43. The molecule has 2 nitrogen and oxygen atoms in total. The lowest BCUT2D eigenvalue weighted by atomic mass is 9.71. The summed E-state index contributed by atoms with van der Waals surface area (Å²) in [5.41, 5.74) is 7.71. The minimum atomic E-state index is 0.572. The smallest absolute Gasteiger partial charge is 0.182 e. The SMILES string of the molecule is CC(C)=CCC[C@H](C)C1CCC(C)c2c1cc(C)c1ncoc21. The number of aryl methyl sites for hydroxylation is 1. The summed E-state index contributed by atoms with van der Waals surface area (Å²) in [6.07, 6.45) is 8.97. The Balaban J connectivity index is 1.96. The molecular formula is C21H29NO. The van der Waals surface area contributed by atoms with Gasteiger partial charge >= 0.3 is 0 Å². The van der Waals surface area contributed by atoms with Crippen molar-refractivity contribution in [1.29, 1.82) is 0 Å². The number of oxazole rings is 1. The second-order valence-electron chi connectivity index (χ2n) is 7.65. The second kappa shape index (κ2) is 6.51. The van der Waals surface area contributed by atoms with E-state index in [1.807, 2.05) is 0 Å². The van der Waals surface area contributed by atoms with Crippen LogP contribution in [0.3, 0.4) is 0 Å². The highest BCUT2D eigenvalue weighted by Crippen LogP contribution is 2.46. The van der Waals surface area contributed by atoms with E-state index in [1.165, 1.54) is 47.9 Å². The van der Waals surface area contributed by atoms with E-state index in [0.29, 0.717) is 17.8 Å². The summed E-state index contributed by atoms with van der Waals surface area (Å²) in [6, 6.07) is 2.39. The molecule has 0 aliphatic heterocycles. The third kappa shape index (κ3) is 3.08. The first-order valence-corrected chi connectivity index (χ1v) is 8.99. The molecule has 0 spiro atoms. The zero-order valence-electron chi connectivity index (χ0n) is 15.1. The first kappa shape index (κ1) is 16.3. The van der Waals surface area contributed by atoms with E-state index < -0.39 is 0 Å². The van der Waals surface area contributed by atoms with Crippen molar-refractivity contribution in [3.05, 3.63) is 40.8 Å². The molecule has 23 heavy (non-hydrogen) atoms. The van der Waals surface area contributed by atoms with Crippen LogP contribution in [-0.2, 0) is 0 Å². The topological polar surface area (TPSA) is 26.0 Å². The van der Waals surface area contributed by atoms with Gasteiger partial charge in [-0.3, -0.25) is 0 Å². The van der Waals surface area contributed by atoms with E-state index in [1.54, 1.807) is 6.39 Å². The molecule has 0 bridgehead atoms. The fourth-order valence-electron chi connectivity index (χ4n) is 4.20. The molecule has 0 N–H and O–H groups in total. The van der Waals surface area contributed by atoms with Gasteiger partial charge in [0.15, 0.2) is 12.0 Å². The molecule has 3 rings (SSSR count). The third-order valence-electron chi connectivity index (χ3n) is 5.53. The van der Waals surface area contributed by atoms with Crippen LogP contribution in [0.15, 0.2) is 28.5 Å². The van der Waals surface area contributed by atoms with Gasteiger partial charge in [-0.25, -0.2) is 4.98 Å². The number of benzene rings is 1. The van der Waals surface area contributed by atoms with Crippen molar-refractivity contribution in [1.82, 2.24) is 4.98 Å². The molecule has 1 heterocycles. The minimum absolute atomic E-state index is 0.572. The van der Waals surface area contributed by atoms with Crippen molar-refractivity contribution in [2.75, 3.05) is 0 Å². The Morgan fingerprint density at radius 2 is 2.17 bits per heavy atom. The number of nitrogens with zero attached hydrogens (tertiary/aromatic N) is 1. The normalized spacial score (nSPS) is 22.0. The van der Waals surface area contributed by atoms with Gasteiger partial charge in [0.2, 0.25) is 0 Å². The van der Waals surface area contributed by atoms with E-state index >= 15 is 0 Å². The van der Waals surface area contributed by atoms with Crippen LogP contribution in [0, 0.1) is 12.8 Å². The van der Waals surface area contributed by atoms with Gasteiger partial charge in [-0.1, -0.05) is 31.6 Å². The van der Waals surface area contributed by atoms with Crippen LogP contribution in [0.25, 0.3) is 11.1 Å².